The molecule has 1 aliphatic carbocycles. The molecule has 0 heterocycles. The van der Waals surface area contributed by atoms with E-state index in [0.717, 1.165) is 0 Å². The van der Waals surface area contributed by atoms with E-state index < -0.39 is 0 Å². The molecule has 0 aromatic heterocycles. The maximum absolute atomic E-state index is 3.61. The molecule has 11 heavy (non-hydrogen) atoms. The van der Waals surface area contributed by atoms with E-state index in [9.17, 15) is 0 Å². The first-order valence-electron chi connectivity index (χ1n) is 3.63. The van der Waals surface area contributed by atoms with E-state index in [1.165, 1.54) is 12.0 Å². The van der Waals surface area contributed by atoms with E-state index in [1.54, 1.807) is 0 Å². The fraction of sp³-hybridized carbons (Fsp3) is 0.333. The molecule has 0 aliphatic heterocycles. The SMILES string of the molecule is BrC1(Br)C[C@@H]1c1ccccc1. The second-order valence-electron chi connectivity index (χ2n) is 2.93. The molecule has 1 aliphatic rings. The van der Waals surface area contributed by atoms with Crippen molar-refractivity contribution in [1.29, 1.82) is 0 Å². The fourth-order valence-electron chi connectivity index (χ4n) is 1.26. The zero-order valence-electron chi connectivity index (χ0n) is 5.93. The molecule has 0 N–H and O–H groups in total. The highest BCUT2D eigenvalue weighted by molar-refractivity contribution is 9.25. The van der Waals surface area contributed by atoms with Gasteiger partial charge in [0.15, 0.2) is 0 Å². The highest BCUT2D eigenvalue weighted by Crippen LogP contribution is 2.62. The first kappa shape index (κ1) is 7.81. The standard InChI is InChI=1S/C9H8Br2/c10-9(11)6-8(9)7-4-2-1-3-5-7/h1-5,8H,6H2/t8-/m1/s1. The normalized spacial score (nSPS) is 26.5. The van der Waals surface area contributed by atoms with Gasteiger partial charge in [-0.3, -0.25) is 0 Å². The van der Waals surface area contributed by atoms with Gasteiger partial charge in [-0.25, -0.2) is 0 Å². The van der Waals surface area contributed by atoms with Crippen LogP contribution in [0.5, 0.6) is 0 Å². The van der Waals surface area contributed by atoms with Gasteiger partial charge in [-0.1, -0.05) is 62.2 Å². The molecule has 0 amide bonds. The Kier molecular flexibility index (Phi) is 1.84. The minimum Gasteiger partial charge on any atom is -0.0720 e. The summed E-state index contributed by atoms with van der Waals surface area (Å²) in [5, 5.41) is 0. The lowest BCUT2D eigenvalue weighted by Crippen LogP contribution is -1.86. The van der Waals surface area contributed by atoms with Crippen LogP contribution in [-0.4, -0.2) is 3.23 Å². The number of alkyl halides is 2. The molecule has 0 unspecified atom stereocenters. The van der Waals surface area contributed by atoms with Gasteiger partial charge in [0.2, 0.25) is 0 Å². The number of halogens is 2. The van der Waals surface area contributed by atoms with E-state index in [1.807, 2.05) is 0 Å². The molecule has 2 heteroatoms. The molecule has 0 radical (unpaired) electrons. The van der Waals surface area contributed by atoms with Gasteiger partial charge >= 0.3 is 0 Å². The Hall–Kier alpha value is 0.180. The Labute approximate surface area is 83.3 Å². The summed E-state index contributed by atoms with van der Waals surface area (Å²) < 4.78 is 0.196. The van der Waals surface area contributed by atoms with Crippen LogP contribution in [0.15, 0.2) is 30.3 Å². The number of hydrogen-bond acceptors (Lipinski definition) is 0. The maximum atomic E-state index is 3.61. The van der Waals surface area contributed by atoms with Gasteiger partial charge in [0.1, 0.15) is 0 Å². The van der Waals surface area contributed by atoms with E-state index in [-0.39, 0.29) is 3.23 Å². The summed E-state index contributed by atoms with van der Waals surface area (Å²) in [6.45, 7) is 0. The zero-order valence-corrected chi connectivity index (χ0v) is 9.10. The van der Waals surface area contributed by atoms with Crippen LogP contribution in [0.3, 0.4) is 0 Å². The van der Waals surface area contributed by atoms with Gasteiger partial charge in [-0.05, 0) is 12.0 Å². The van der Waals surface area contributed by atoms with Crippen molar-refractivity contribution in [2.75, 3.05) is 0 Å². The summed E-state index contributed by atoms with van der Waals surface area (Å²) in [6.07, 6.45) is 1.19. The molecule has 1 aromatic rings. The molecule has 1 atom stereocenters. The second kappa shape index (κ2) is 2.60. The van der Waals surface area contributed by atoms with Gasteiger partial charge < -0.3 is 0 Å². The molecule has 58 valence electrons. The Morgan fingerprint density at radius 3 is 2.18 bits per heavy atom. The van der Waals surface area contributed by atoms with Gasteiger partial charge in [-0.2, -0.15) is 0 Å². The minimum atomic E-state index is 0.196. The van der Waals surface area contributed by atoms with Crippen molar-refractivity contribution >= 4 is 31.9 Å². The smallest absolute Gasteiger partial charge is 0.0720 e. The third-order valence-corrected chi connectivity index (χ3v) is 3.78. The van der Waals surface area contributed by atoms with Crippen molar-refractivity contribution < 1.29 is 0 Å². The highest BCUT2D eigenvalue weighted by Gasteiger charge is 2.50. The first-order valence-corrected chi connectivity index (χ1v) is 5.21. The third-order valence-electron chi connectivity index (χ3n) is 2.03. The Balaban J connectivity index is 2.21. The molecular formula is C9H8Br2. The molecule has 2 rings (SSSR count). The number of rotatable bonds is 1. The summed E-state index contributed by atoms with van der Waals surface area (Å²) in [7, 11) is 0. The van der Waals surface area contributed by atoms with Crippen LogP contribution < -0.4 is 0 Å². The van der Waals surface area contributed by atoms with Crippen LogP contribution in [0.4, 0.5) is 0 Å². The van der Waals surface area contributed by atoms with Crippen molar-refractivity contribution in [2.24, 2.45) is 0 Å². The van der Waals surface area contributed by atoms with Crippen molar-refractivity contribution in [3.8, 4) is 0 Å². The Bertz CT molecular complexity index is 254. The average Bonchev–Trinajstić information content (AvgIpc) is 2.62. The van der Waals surface area contributed by atoms with Crippen molar-refractivity contribution in [2.45, 2.75) is 15.6 Å². The largest absolute Gasteiger partial charge is 0.0881 e. The maximum Gasteiger partial charge on any atom is 0.0881 e. The topological polar surface area (TPSA) is 0 Å². The van der Waals surface area contributed by atoms with Crippen LogP contribution in [-0.2, 0) is 0 Å². The molecule has 0 saturated heterocycles. The van der Waals surface area contributed by atoms with Gasteiger partial charge in [-0.15, -0.1) is 0 Å². The zero-order chi connectivity index (χ0) is 7.90. The van der Waals surface area contributed by atoms with E-state index >= 15 is 0 Å². The van der Waals surface area contributed by atoms with Gasteiger partial charge in [0.05, 0.1) is 3.23 Å². The summed E-state index contributed by atoms with van der Waals surface area (Å²) in [4.78, 5) is 0. The average molecular weight is 276 g/mol. The van der Waals surface area contributed by atoms with Crippen LogP contribution >= 0.6 is 31.9 Å². The molecular weight excluding hydrogens is 268 g/mol. The molecule has 1 aromatic carbocycles. The molecule has 1 saturated carbocycles. The van der Waals surface area contributed by atoms with Gasteiger partial charge in [0.25, 0.3) is 0 Å². The van der Waals surface area contributed by atoms with Crippen LogP contribution in [0.1, 0.15) is 17.9 Å². The van der Waals surface area contributed by atoms with Crippen LogP contribution in [0, 0.1) is 0 Å². The minimum absolute atomic E-state index is 0.196. The monoisotopic (exact) mass is 274 g/mol. The predicted molar refractivity (Wildman–Crippen MR) is 54.4 cm³/mol. The summed E-state index contributed by atoms with van der Waals surface area (Å²) >= 11 is 7.21. The van der Waals surface area contributed by atoms with Crippen molar-refractivity contribution in [3.05, 3.63) is 35.9 Å². The first-order chi connectivity index (χ1) is 5.20. The lowest BCUT2D eigenvalue weighted by atomic mass is 10.1. The summed E-state index contributed by atoms with van der Waals surface area (Å²) in [6, 6.07) is 10.6. The van der Waals surface area contributed by atoms with Crippen LogP contribution in [0.25, 0.3) is 0 Å². The molecule has 0 spiro atoms. The van der Waals surface area contributed by atoms with Gasteiger partial charge in [0, 0.05) is 5.92 Å². The van der Waals surface area contributed by atoms with E-state index in [2.05, 4.69) is 62.2 Å². The van der Waals surface area contributed by atoms with Crippen molar-refractivity contribution in [3.63, 3.8) is 0 Å². The predicted octanol–water partition coefficient (Wildman–Crippen LogP) is 3.66. The summed E-state index contributed by atoms with van der Waals surface area (Å²) in [5.41, 5.74) is 1.42. The Morgan fingerprint density at radius 1 is 1.18 bits per heavy atom. The Morgan fingerprint density at radius 2 is 1.73 bits per heavy atom. The summed E-state index contributed by atoms with van der Waals surface area (Å²) in [5.74, 6) is 0.656. The lowest BCUT2D eigenvalue weighted by molar-refractivity contribution is 1.13. The van der Waals surface area contributed by atoms with Crippen molar-refractivity contribution in [1.82, 2.24) is 0 Å². The quantitative estimate of drug-likeness (QED) is 0.687. The third kappa shape index (κ3) is 1.52. The fourth-order valence-corrected chi connectivity index (χ4v) is 2.44. The molecule has 0 nitrogen and oxygen atoms in total. The van der Waals surface area contributed by atoms with Crippen LogP contribution in [0.2, 0.25) is 0 Å². The molecule has 1 fully saturated rings. The lowest BCUT2D eigenvalue weighted by Gasteiger charge is -1.98. The second-order valence-corrected chi connectivity index (χ2v) is 6.82. The number of benzene rings is 1. The number of hydrogen-bond donors (Lipinski definition) is 0. The molecule has 0 bridgehead atoms. The highest BCUT2D eigenvalue weighted by atomic mass is 79.9. The van der Waals surface area contributed by atoms with E-state index in [0.29, 0.717) is 5.92 Å². The van der Waals surface area contributed by atoms with E-state index in [4.69, 9.17) is 0 Å².